The molecule has 3 aromatic rings. The predicted octanol–water partition coefficient (Wildman–Crippen LogP) is 5.57. The van der Waals surface area contributed by atoms with Crippen LogP contribution in [-0.4, -0.2) is 50.9 Å². The van der Waals surface area contributed by atoms with Gasteiger partial charge in [-0.3, -0.25) is 13.9 Å². The van der Waals surface area contributed by atoms with Gasteiger partial charge in [-0.2, -0.15) is 0 Å². The second kappa shape index (κ2) is 14.4. The maximum atomic E-state index is 14.2. The van der Waals surface area contributed by atoms with Gasteiger partial charge in [0, 0.05) is 17.6 Å². The molecule has 0 aliphatic carbocycles. The maximum Gasteiger partial charge on any atom is 0.264 e. The number of hydrogen-bond donors (Lipinski definition) is 1. The number of halogens is 1. The van der Waals surface area contributed by atoms with Crippen LogP contribution in [0.15, 0.2) is 77.7 Å². The van der Waals surface area contributed by atoms with Crippen LogP contribution in [0, 0.1) is 6.92 Å². The molecule has 0 aliphatic heterocycles. The van der Waals surface area contributed by atoms with E-state index in [9.17, 15) is 18.0 Å². The standard InChI is InChI=1S/C31H38ClN3O5S/c1-6-23(4)33-31(37)28(7-2)34(20-24-12-16-26(40-5)17-13-24)30(36)21-35(29-11-9-8-10-22(29)3)41(38,39)27-18-14-25(32)15-19-27/h8-19,23,28H,6-7,20-21H2,1-5H3,(H,33,37). The van der Waals surface area contributed by atoms with E-state index in [-0.39, 0.29) is 23.4 Å². The number of aryl methyl sites for hydroxylation is 1. The summed E-state index contributed by atoms with van der Waals surface area (Å²) >= 11 is 6.02. The van der Waals surface area contributed by atoms with Crippen molar-refractivity contribution in [3.8, 4) is 5.75 Å². The van der Waals surface area contributed by atoms with Crippen molar-refractivity contribution >= 4 is 39.1 Å². The van der Waals surface area contributed by atoms with E-state index in [1.54, 1.807) is 50.4 Å². The van der Waals surface area contributed by atoms with Crippen molar-refractivity contribution in [3.05, 3.63) is 88.9 Å². The first-order valence-electron chi connectivity index (χ1n) is 13.6. The summed E-state index contributed by atoms with van der Waals surface area (Å²) < 4.78 is 34.3. The average Bonchev–Trinajstić information content (AvgIpc) is 2.96. The minimum absolute atomic E-state index is 0.00112. The van der Waals surface area contributed by atoms with Crippen molar-refractivity contribution in [3.63, 3.8) is 0 Å². The molecule has 0 spiro atoms. The van der Waals surface area contributed by atoms with E-state index >= 15 is 0 Å². The molecule has 220 valence electrons. The fourth-order valence-corrected chi connectivity index (χ4v) is 5.98. The monoisotopic (exact) mass is 599 g/mol. The van der Waals surface area contributed by atoms with Crippen molar-refractivity contribution in [2.45, 2.75) is 64.1 Å². The summed E-state index contributed by atoms with van der Waals surface area (Å²) in [5.74, 6) is -0.132. The normalized spacial score (nSPS) is 12.7. The van der Waals surface area contributed by atoms with E-state index in [2.05, 4.69) is 5.32 Å². The third-order valence-corrected chi connectivity index (χ3v) is 8.99. The summed E-state index contributed by atoms with van der Waals surface area (Å²) in [7, 11) is -2.60. The Bertz CT molecular complexity index is 1430. The first kappa shape index (κ1) is 32.0. The highest BCUT2D eigenvalue weighted by Gasteiger charge is 2.34. The number of amides is 2. The average molecular weight is 600 g/mol. The Morgan fingerprint density at radius 3 is 2.15 bits per heavy atom. The van der Waals surface area contributed by atoms with Crippen molar-refractivity contribution in [2.75, 3.05) is 18.0 Å². The molecule has 10 heteroatoms. The van der Waals surface area contributed by atoms with Crippen molar-refractivity contribution in [1.29, 1.82) is 0 Å². The zero-order chi connectivity index (χ0) is 30.2. The highest BCUT2D eigenvalue weighted by atomic mass is 35.5. The van der Waals surface area contributed by atoms with Crippen LogP contribution in [0.5, 0.6) is 5.75 Å². The summed E-state index contributed by atoms with van der Waals surface area (Å²) in [5.41, 5.74) is 1.83. The highest BCUT2D eigenvalue weighted by Crippen LogP contribution is 2.28. The molecule has 3 rings (SSSR count). The van der Waals surface area contributed by atoms with E-state index < -0.39 is 28.5 Å². The Kier molecular flexibility index (Phi) is 11.2. The highest BCUT2D eigenvalue weighted by molar-refractivity contribution is 7.92. The SMILES string of the molecule is CCC(C)NC(=O)C(CC)N(Cc1ccc(OC)cc1)C(=O)CN(c1ccccc1C)S(=O)(=O)c1ccc(Cl)cc1. The first-order chi connectivity index (χ1) is 19.5. The van der Waals surface area contributed by atoms with Gasteiger partial charge in [-0.15, -0.1) is 0 Å². The molecule has 0 aliphatic rings. The summed E-state index contributed by atoms with van der Waals surface area (Å²) in [6.07, 6.45) is 1.08. The molecular weight excluding hydrogens is 562 g/mol. The number of methoxy groups -OCH3 is 1. The van der Waals surface area contributed by atoms with Gasteiger partial charge < -0.3 is 15.0 Å². The summed E-state index contributed by atoms with van der Waals surface area (Å²) in [5, 5.41) is 3.37. The Hall–Kier alpha value is -3.56. The molecule has 0 radical (unpaired) electrons. The van der Waals surface area contributed by atoms with Gasteiger partial charge in [0.25, 0.3) is 10.0 Å². The van der Waals surface area contributed by atoms with Crippen molar-refractivity contribution in [1.82, 2.24) is 10.2 Å². The lowest BCUT2D eigenvalue weighted by molar-refractivity contribution is -0.140. The number of nitrogens with one attached hydrogen (secondary N) is 1. The molecule has 0 bridgehead atoms. The Morgan fingerprint density at radius 1 is 0.951 bits per heavy atom. The zero-order valence-electron chi connectivity index (χ0n) is 24.1. The van der Waals surface area contributed by atoms with Gasteiger partial charge in [0.1, 0.15) is 18.3 Å². The third-order valence-electron chi connectivity index (χ3n) is 6.96. The topological polar surface area (TPSA) is 96.0 Å². The number of anilines is 1. The summed E-state index contributed by atoms with van der Waals surface area (Å²) in [4.78, 5) is 29.0. The summed E-state index contributed by atoms with van der Waals surface area (Å²) in [6, 6.07) is 19.1. The smallest absolute Gasteiger partial charge is 0.264 e. The van der Waals surface area contributed by atoms with Gasteiger partial charge in [0.2, 0.25) is 11.8 Å². The fourth-order valence-electron chi connectivity index (χ4n) is 4.38. The molecule has 0 saturated heterocycles. The van der Waals surface area contributed by atoms with E-state index in [4.69, 9.17) is 16.3 Å². The number of rotatable bonds is 13. The summed E-state index contributed by atoms with van der Waals surface area (Å²) in [6.45, 7) is 7.09. The number of carbonyl (C=O) groups excluding carboxylic acids is 2. The minimum atomic E-state index is -4.17. The lowest BCUT2D eigenvalue weighted by atomic mass is 10.1. The molecule has 0 fully saturated rings. The molecule has 2 unspecified atom stereocenters. The van der Waals surface area contributed by atoms with Crippen molar-refractivity contribution in [2.24, 2.45) is 0 Å². The molecule has 2 atom stereocenters. The van der Waals surface area contributed by atoms with E-state index in [1.807, 2.05) is 32.9 Å². The van der Waals surface area contributed by atoms with Crippen LogP contribution in [0.1, 0.15) is 44.7 Å². The molecule has 41 heavy (non-hydrogen) atoms. The number of carbonyl (C=O) groups is 2. The van der Waals surface area contributed by atoms with Gasteiger partial charge >= 0.3 is 0 Å². The second-order valence-electron chi connectivity index (χ2n) is 9.86. The van der Waals surface area contributed by atoms with Crippen LogP contribution in [0.25, 0.3) is 0 Å². The van der Waals surface area contributed by atoms with Gasteiger partial charge in [-0.05, 0) is 80.3 Å². The van der Waals surface area contributed by atoms with Crippen LogP contribution >= 0.6 is 11.6 Å². The molecular formula is C31H38ClN3O5S. The molecule has 2 amide bonds. The number of hydrogen-bond acceptors (Lipinski definition) is 5. The van der Waals surface area contributed by atoms with Gasteiger partial charge in [-0.25, -0.2) is 8.42 Å². The van der Waals surface area contributed by atoms with Gasteiger partial charge in [0.15, 0.2) is 0 Å². The van der Waals surface area contributed by atoms with Gasteiger partial charge in [0.05, 0.1) is 17.7 Å². The first-order valence-corrected chi connectivity index (χ1v) is 15.4. The Morgan fingerprint density at radius 2 is 1.59 bits per heavy atom. The molecule has 1 N–H and O–H groups in total. The maximum absolute atomic E-state index is 14.2. The Balaban J connectivity index is 2.06. The van der Waals surface area contributed by atoms with E-state index in [0.29, 0.717) is 28.4 Å². The Labute approximate surface area is 248 Å². The number of ether oxygens (including phenoxy) is 1. The second-order valence-corrected chi connectivity index (χ2v) is 12.2. The number of para-hydroxylation sites is 1. The minimum Gasteiger partial charge on any atom is -0.497 e. The van der Waals surface area contributed by atoms with Crippen LogP contribution < -0.4 is 14.4 Å². The quantitative estimate of drug-likeness (QED) is 0.277. The number of nitrogens with zero attached hydrogens (tertiary/aromatic N) is 2. The van der Waals surface area contributed by atoms with Crippen LogP contribution in [0.3, 0.4) is 0 Å². The third kappa shape index (κ3) is 8.01. The molecule has 0 aromatic heterocycles. The van der Waals surface area contributed by atoms with E-state index in [0.717, 1.165) is 16.3 Å². The fraction of sp³-hybridized carbons (Fsp3) is 0.355. The van der Waals surface area contributed by atoms with Crippen LogP contribution in [-0.2, 0) is 26.2 Å². The van der Waals surface area contributed by atoms with E-state index in [1.165, 1.54) is 29.2 Å². The van der Waals surface area contributed by atoms with Gasteiger partial charge in [-0.1, -0.05) is 55.8 Å². The molecule has 0 saturated carbocycles. The number of sulfonamides is 1. The van der Waals surface area contributed by atoms with Crippen LogP contribution in [0.4, 0.5) is 5.69 Å². The lowest BCUT2D eigenvalue weighted by Gasteiger charge is -2.34. The number of benzene rings is 3. The predicted molar refractivity (Wildman–Crippen MR) is 163 cm³/mol. The lowest BCUT2D eigenvalue weighted by Crippen LogP contribution is -2.53. The molecule has 8 nitrogen and oxygen atoms in total. The molecule has 3 aromatic carbocycles. The zero-order valence-corrected chi connectivity index (χ0v) is 25.7. The van der Waals surface area contributed by atoms with Crippen molar-refractivity contribution < 1.29 is 22.7 Å². The largest absolute Gasteiger partial charge is 0.497 e. The van der Waals surface area contributed by atoms with Crippen LogP contribution in [0.2, 0.25) is 5.02 Å². The molecule has 0 heterocycles.